The summed E-state index contributed by atoms with van der Waals surface area (Å²) >= 11 is 0. The van der Waals surface area contributed by atoms with E-state index in [0.29, 0.717) is 6.54 Å². The topological polar surface area (TPSA) is 68.3 Å². The molecule has 0 radical (unpaired) electrons. The molecule has 1 fully saturated rings. The Hall–Kier alpha value is -1.00. The number of hydrogen-bond donors (Lipinski definition) is 2. The number of carbonyl (C=O) groups is 1. The summed E-state index contributed by atoms with van der Waals surface area (Å²) in [5.74, 6) is 0.696. The number of nitrogens with one attached hydrogen (secondary N) is 1. The van der Waals surface area contributed by atoms with Crippen molar-refractivity contribution in [1.29, 1.82) is 0 Å². The second-order valence-electron chi connectivity index (χ2n) is 4.13. The van der Waals surface area contributed by atoms with E-state index in [4.69, 9.17) is 10.2 Å². The largest absolute Gasteiger partial charge is 0.467 e. The minimum Gasteiger partial charge on any atom is -0.467 e. The quantitative estimate of drug-likeness (QED) is 0.849. The highest BCUT2D eigenvalue weighted by Gasteiger charge is 2.36. The molecule has 1 heterocycles. The number of rotatable bonds is 3. The van der Waals surface area contributed by atoms with Gasteiger partial charge in [0.2, 0.25) is 5.91 Å². The van der Waals surface area contributed by atoms with Crippen LogP contribution >= 0.6 is 12.4 Å². The first-order valence-electron chi connectivity index (χ1n) is 5.30. The molecule has 1 amide bonds. The molecule has 0 saturated heterocycles. The minimum atomic E-state index is -0.646. The van der Waals surface area contributed by atoms with Gasteiger partial charge >= 0.3 is 0 Å². The maximum atomic E-state index is 11.8. The van der Waals surface area contributed by atoms with Gasteiger partial charge in [0, 0.05) is 0 Å². The van der Waals surface area contributed by atoms with Crippen LogP contribution in [0.4, 0.5) is 0 Å². The molecule has 1 aromatic rings. The molecule has 0 bridgehead atoms. The molecule has 0 aliphatic heterocycles. The molecule has 3 N–H and O–H groups in total. The van der Waals surface area contributed by atoms with Crippen LogP contribution in [0.15, 0.2) is 22.8 Å². The van der Waals surface area contributed by atoms with Gasteiger partial charge in [-0.05, 0) is 25.0 Å². The number of furan rings is 1. The van der Waals surface area contributed by atoms with E-state index in [1.807, 2.05) is 6.07 Å². The van der Waals surface area contributed by atoms with Gasteiger partial charge in [-0.15, -0.1) is 12.4 Å². The molecule has 1 saturated carbocycles. The fourth-order valence-electron chi connectivity index (χ4n) is 1.99. The minimum absolute atomic E-state index is 0. The molecule has 1 aliphatic carbocycles. The molecule has 0 atom stereocenters. The lowest BCUT2D eigenvalue weighted by atomic mass is 9.98. The summed E-state index contributed by atoms with van der Waals surface area (Å²) in [5, 5.41) is 2.81. The molecule has 1 aliphatic rings. The van der Waals surface area contributed by atoms with Crippen molar-refractivity contribution in [3.8, 4) is 0 Å². The van der Waals surface area contributed by atoms with Crippen molar-refractivity contribution in [1.82, 2.24) is 5.32 Å². The summed E-state index contributed by atoms with van der Waals surface area (Å²) in [6.45, 7) is 0.421. The summed E-state index contributed by atoms with van der Waals surface area (Å²) < 4.78 is 5.12. The van der Waals surface area contributed by atoms with Crippen molar-refractivity contribution in [3.05, 3.63) is 24.2 Å². The predicted molar refractivity (Wildman–Crippen MR) is 63.2 cm³/mol. The number of hydrogen-bond acceptors (Lipinski definition) is 3. The summed E-state index contributed by atoms with van der Waals surface area (Å²) in [6, 6.07) is 3.63. The third-order valence-electron chi connectivity index (χ3n) is 2.95. The molecule has 0 spiro atoms. The van der Waals surface area contributed by atoms with Gasteiger partial charge in [-0.1, -0.05) is 12.8 Å². The summed E-state index contributed by atoms with van der Waals surface area (Å²) in [4.78, 5) is 11.8. The smallest absolute Gasteiger partial charge is 0.240 e. The van der Waals surface area contributed by atoms with E-state index in [0.717, 1.165) is 31.4 Å². The molecule has 16 heavy (non-hydrogen) atoms. The molecule has 1 aromatic heterocycles. The zero-order valence-corrected chi connectivity index (χ0v) is 9.89. The van der Waals surface area contributed by atoms with Gasteiger partial charge < -0.3 is 15.5 Å². The molecular weight excluding hydrogens is 228 g/mol. The van der Waals surface area contributed by atoms with E-state index in [1.54, 1.807) is 12.3 Å². The fraction of sp³-hybridized carbons (Fsp3) is 0.545. The van der Waals surface area contributed by atoms with Crippen molar-refractivity contribution in [2.75, 3.05) is 0 Å². The van der Waals surface area contributed by atoms with Crippen molar-refractivity contribution in [2.45, 2.75) is 37.8 Å². The zero-order valence-electron chi connectivity index (χ0n) is 9.07. The van der Waals surface area contributed by atoms with Crippen LogP contribution in [-0.4, -0.2) is 11.4 Å². The fourth-order valence-corrected chi connectivity index (χ4v) is 1.99. The lowest BCUT2D eigenvalue weighted by molar-refractivity contribution is -0.126. The Labute approximate surface area is 101 Å². The molecule has 4 nitrogen and oxygen atoms in total. The van der Waals surface area contributed by atoms with E-state index in [-0.39, 0.29) is 18.3 Å². The normalized spacial score (nSPS) is 17.8. The molecule has 90 valence electrons. The van der Waals surface area contributed by atoms with Crippen LogP contribution in [0.3, 0.4) is 0 Å². The Morgan fingerprint density at radius 2 is 2.19 bits per heavy atom. The number of nitrogens with two attached hydrogens (primary N) is 1. The highest BCUT2D eigenvalue weighted by Crippen LogP contribution is 2.27. The zero-order chi connectivity index (χ0) is 10.7. The summed E-state index contributed by atoms with van der Waals surface area (Å²) in [7, 11) is 0. The first-order valence-corrected chi connectivity index (χ1v) is 5.30. The van der Waals surface area contributed by atoms with Crippen LogP contribution < -0.4 is 11.1 Å². The SMILES string of the molecule is Cl.NC1(C(=O)NCc2ccco2)CCCC1. The van der Waals surface area contributed by atoms with Gasteiger partial charge in [-0.3, -0.25) is 4.79 Å². The van der Waals surface area contributed by atoms with Crippen molar-refractivity contribution >= 4 is 18.3 Å². The first-order chi connectivity index (χ1) is 7.21. The molecule has 0 unspecified atom stereocenters. The Bertz CT molecular complexity index is 332. The molecule has 0 aromatic carbocycles. The highest BCUT2D eigenvalue weighted by atomic mass is 35.5. The average molecular weight is 245 g/mol. The Kier molecular flexibility index (Phi) is 4.38. The highest BCUT2D eigenvalue weighted by molar-refractivity contribution is 5.86. The maximum Gasteiger partial charge on any atom is 0.240 e. The van der Waals surface area contributed by atoms with Gasteiger partial charge in [-0.25, -0.2) is 0 Å². The second kappa shape index (κ2) is 5.37. The summed E-state index contributed by atoms with van der Waals surface area (Å²) in [5.41, 5.74) is 5.35. The van der Waals surface area contributed by atoms with Crippen molar-refractivity contribution in [2.24, 2.45) is 5.73 Å². The molecule has 2 rings (SSSR count). The predicted octanol–water partition coefficient (Wildman–Crippen LogP) is 1.59. The van der Waals surface area contributed by atoms with E-state index in [1.165, 1.54) is 0 Å². The second-order valence-corrected chi connectivity index (χ2v) is 4.13. The van der Waals surface area contributed by atoms with Gasteiger partial charge in [0.15, 0.2) is 0 Å². The number of carbonyl (C=O) groups excluding carboxylic acids is 1. The first kappa shape index (κ1) is 13.1. The molecule has 5 heteroatoms. The lowest BCUT2D eigenvalue weighted by Gasteiger charge is -2.21. The van der Waals surface area contributed by atoms with Crippen LogP contribution in [0.1, 0.15) is 31.4 Å². The van der Waals surface area contributed by atoms with Gasteiger partial charge in [0.05, 0.1) is 18.3 Å². The monoisotopic (exact) mass is 244 g/mol. The van der Waals surface area contributed by atoms with Crippen molar-refractivity contribution in [3.63, 3.8) is 0 Å². The van der Waals surface area contributed by atoms with E-state index < -0.39 is 5.54 Å². The van der Waals surface area contributed by atoms with E-state index in [9.17, 15) is 4.79 Å². The summed E-state index contributed by atoms with van der Waals surface area (Å²) in [6.07, 6.45) is 5.26. The van der Waals surface area contributed by atoms with Crippen LogP contribution in [0.2, 0.25) is 0 Å². The Morgan fingerprint density at radius 1 is 1.50 bits per heavy atom. The Balaban J connectivity index is 0.00000128. The van der Waals surface area contributed by atoms with Crippen LogP contribution in [0, 0.1) is 0 Å². The van der Waals surface area contributed by atoms with Crippen molar-refractivity contribution < 1.29 is 9.21 Å². The lowest BCUT2D eigenvalue weighted by Crippen LogP contribution is -2.51. The third kappa shape index (κ3) is 2.77. The van der Waals surface area contributed by atoms with E-state index >= 15 is 0 Å². The number of halogens is 1. The maximum absolute atomic E-state index is 11.8. The average Bonchev–Trinajstić information content (AvgIpc) is 2.85. The Morgan fingerprint density at radius 3 is 2.75 bits per heavy atom. The van der Waals surface area contributed by atoms with Crippen LogP contribution in [0.25, 0.3) is 0 Å². The van der Waals surface area contributed by atoms with Gasteiger partial charge in [0.25, 0.3) is 0 Å². The number of amides is 1. The van der Waals surface area contributed by atoms with Crippen LogP contribution in [-0.2, 0) is 11.3 Å². The van der Waals surface area contributed by atoms with E-state index in [2.05, 4.69) is 5.32 Å². The van der Waals surface area contributed by atoms with Gasteiger partial charge in [0.1, 0.15) is 5.76 Å². The third-order valence-corrected chi connectivity index (χ3v) is 2.95. The standard InChI is InChI=1S/C11H16N2O2.ClH/c12-11(5-1-2-6-11)10(14)13-8-9-4-3-7-15-9;/h3-4,7H,1-2,5-6,8,12H2,(H,13,14);1H. The van der Waals surface area contributed by atoms with Gasteiger partial charge in [-0.2, -0.15) is 0 Å². The van der Waals surface area contributed by atoms with Crippen LogP contribution in [0.5, 0.6) is 0 Å². The molecular formula is C11H17ClN2O2.